The minimum Gasteiger partial charge on any atom is -0.480 e. The SMILES string of the molecule is CCC(C)(NC(=O)C(C)OC)C(=O)O. The molecule has 14 heavy (non-hydrogen) atoms. The van der Waals surface area contributed by atoms with E-state index in [2.05, 4.69) is 5.32 Å². The number of ether oxygens (including phenoxy) is 1. The Bertz CT molecular complexity index is 229. The summed E-state index contributed by atoms with van der Waals surface area (Å²) in [5, 5.41) is 11.3. The second kappa shape index (κ2) is 4.95. The van der Waals surface area contributed by atoms with Crippen molar-refractivity contribution in [1.29, 1.82) is 0 Å². The van der Waals surface area contributed by atoms with Gasteiger partial charge in [-0.1, -0.05) is 6.92 Å². The van der Waals surface area contributed by atoms with Crippen LogP contribution in [-0.4, -0.2) is 35.7 Å². The largest absolute Gasteiger partial charge is 0.480 e. The Labute approximate surface area is 83.4 Å². The Hall–Kier alpha value is -1.10. The minimum atomic E-state index is -1.22. The molecular weight excluding hydrogens is 186 g/mol. The molecule has 0 saturated heterocycles. The molecule has 0 rings (SSSR count). The molecule has 0 saturated carbocycles. The Morgan fingerprint density at radius 2 is 2.07 bits per heavy atom. The number of carbonyl (C=O) groups excluding carboxylic acids is 1. The van der Waals surface area contributed by atoms with Crippen LogP contribution in [0.1, 0.15) is 27.2 Å². The van der Waals surface area contributed by atoms with Gasteiger partial charge in [0.05, 0.1) is 0 Å². The zero-order chi connectivity index (χ0) is 11.4. The highest BCUT2D eigenvalue weighted by atomic mass is 16.5. The van der Waals surface area contributed by atoms with Crippen LogP contribution in [0.15, 0.2) is 0 Å². The lowest BCUT2D eigenvalue weighted by molar-refractivity contribution is -0.148. The average Bonchev–Trinajstić information content (AvgIpc) is 2.15. The van der Waals surface area contributed by atoms with Crippen molar-refractivity contribution in [3.63, 3.8) is 0 Å². The van der Waals surface area contributed by atoms with Crippen molar-refractivity contribution in [2.45, 2.75) is 38.8 Å². The summed E-state index contributed by atoms with van der Waals surface area (Å²) in [5.41, 5.74) is -1.22. The molecule has 0 spiro atoms. The number of carboxylic acid groups (broad SMARTS) is 1. The fraction of sp³-hybridized carbons (Fsp3) is 0.778. The first-order chi connectivity index (χ1) is 6.37. The fourth-order valence-electron chi connectivity index (χ4n) is 0.774. The van der Waals surface area contributed by atoms with Gasteiger partial charge < -0.3 is 15.2 Å². The van der Waals surface area contributed by atoms with Gasteiger partial charge >= 0.3 is 5.97 Å². The lowest BCUT2D eigenvalue weighted by Crippen LogP contribution is -2.54. The molecule has 0 aromatic carbocycles. The molecule has 2 atom stereocenters. The van der Waals surface area contributed by atoms with Crippen LogP contribution in [0.2, 0.25) is 0 Å². The molecule has 0 heterocycles. The average molecular weight is 203 g/mol. The first kappa shape index (κ1) is 12.9. The second-order valence-electron chi connectivity index (χ2n) is 3.36. The third-order valence-corrected chi connectivity index (χ3v) is 2.30. The number of nitrogens with one attached hydrogen (secondary N) is 1. The van der Waals surface area contributed by atoms with Crippen LogP contribution in [0, 0.1) is 0 Å². The third-order valence-electron chi connectivity index (χ3n) is 2.30. The molecule has 0 aromatic heterocycles. The third kappa shape index (κ3) is 2.99. The lowest BCUT2D eigenvalue weighted by atomic mass is 9.99. The summed E-state index contributed by atoms with van der Waals surface area (Å²) in [6, 6.07) is 0. The van der Waals surface area contributed by atoms with E-state index < -0.39 is 23.5 Å². The van der Waals surface area contributed by atoms with Crippen LogP contribution in [0.3, 0.4) is 0 Å². The van der Waals surface area contributed by atoms with Crippen LogP contribution in [-0.2, 0) is 14.3 Å². The maximum absolute atomic E-state index is 11.4. The van der Waals surface area contributed by atoms with Gasteiger partial charge in [-0.25, -0.2) is 4.79 Å². The molecule has 0 aliphatic heterocycles. The number of carboxylic acids is 1. The summed E-state index contributed by atoms with van der Waals surface area (Å²) < 4.78 is 4.78. The van der Waals surface area contributed by atoms with Crippen molar-refractivity contribution in [3.8, 4) is 0 Å². The molecule has 5 heteroatoms. The number of hydrogen-bond acceptors (Lipinski definition) is 3. The second-order valence-corrected chi connectivity index (χ2v) is 3.36. The number of aliphatic carboxylic acids is 1. The topological polar surface area (TPSA) is 75.6 Å². The van der Waals surface area contributed by atoms with Crippen LogP contribution < -0.4 is 5.32 Å². The van der Waals surface area contributed by atoms with Crippen LogP contribution in [0.25, 0.3) is 0 Å². The highest BCUT2D eigenvalue weighted by Gasteiger charge is 2.33. The van der Waals surface area contributed by atoms with E-state index in [1.54, 1.807) is 13.8 Å². The van der Waals surface area contributed by atoms with Gasteiger partial charge in [0.1, 0.15) is 11.6 Å². The molecule has 5 nitrogen and oxygen atoms in total. The molecule has 0 bridgehead atoms. The fourth-order valence-corrected chi connectivity index (χ4v) is 0.774. The van der Waals surface area contributed by atoms with Crippen molar-refractivity contribution >= 4 is 11.9 Å². The summed E-state index contributed by atoms with van der Waals surface area (Å²) >= 11 is 0. The van der Waals surface area contributed by atoms with Crippen molar-refractivity contribution < 1.29 is 19.4 Å². The first-order valence-electron chi connectivity index (χ1n) is 4.45. The highest BCUT2D eigenvalue weighted by Crippen LogP contribution is 2.09. The Morgan fingerprint density at radius 1 is 1.57 bits per heavy atom. The predicted octanol–water partition coefficient (Wildman–Crippen LogP) is 0.391. The van der Waals surface area contributed by atoms with Crippen molar-refractivity contribution in [3.05, 3.63) is 0 Å². The zero-order valence-electron chi connectivity index (χ0n) is 8.96. The molecule has 0 aliphatic rings. The van der Waals surface area contributed by atoms with Gasteiger partial charge in [0, 0.05) is 7.11 Å². The molecular formula is C9H17NO4. The van der Waals surface area contributed by atoms with Crippen LogP contribution >= 0.6 is 0 Å². The van der Waals surface area contributed by atoms with E-state index in [-0.39, 0.29) is 0 Å². The molecule has 2 N–H and O–H groups in total. The zero-order valence-corrected chi connectivity index (χ0v) is 8.96. The quantitative estimate of drug-likeness (QED) is 0.677. The molecule has 0 radical (unpaired) electrons. The van der Waals surface area contributed by atoms with Crippen LogP contribution in [0.4, 0.5) is 0 Å². The molecule has 0 aromatic rings. The normalized spacial score (nSPS) is 16.9. The first-order valence-corrected chi connectivity index (χ1v) is 4.45. The van der Waals surface area contributed by atoms with E-state index in [1.165, 1.54) is 14.0 Å². The number of amides is 1. The number of carbonyl (C=O) groups is 2. The van der Waals surface area contributed by atoms with Crippen molar-refractivity contribution in [1.82, 2.24) is 5.32 Å². The molecule has 2 unspecified atom stereocenters. The number of hydrogen-bond donors (Lipinski definition) is 2. The number of methoxy groups -OCH3 is 1. The maximum atomic E-state index is 11.4. The number of rotatable bonds is 5. The Balaban J connectivity index is 4.47. The van der Waals surface area contributed by atoms with Crippen molar-refractivity contribution in [2.75, 3.05) is 7.11 Å². The summed E-state index contributed by atoms with van der Waals surface area (Å²) in [5.74, 6) is -1.46. The summed E-state index contributed by atoms with van der Waals surface area (Å²) in [6.45, 7) is 4.73. The standard InChI is InChI=1S/C9H17NO4/c1-5-9(3,8(12)13)10-7(11)6(2)14-4/h6H,5H2,1-4H3,(H,10,11)(H,12,13). The molecule has 82 valence electrons. The van der Waals surface area contributed by atoms with E-state index in [0.29, 0.717) is 6.42 Å². The monoisotopic (exact) mass is 203 g/mol. The van der Waals surface area contributed by atoms with Gasteiger partial charge in [-0.15, -0.1) is 0 Å². The summed E-state index contributed by atoms with van der Waals surface area (Å²) in [4.78, 5) is 22.2. The van der Waals surface area contributed by atoms with E-state index in [4.69, 9.17) is 9.84 Å². The highest BCUT2D eigenvalue weighted by molar-refractivity contribution is 5.88. The molecule has 1 amide bonds. The minimum absolute atomic E-state index is 0.324. The summed E-state index contributed by atoms with van der Waals surface area (Å²) in [7, 11) is 1.40. The molecule has 0 aliphatic carbocycles. The van der Waals surface area contributed by atoms with Crippen LogP contribution in [0.5, 0.6) is 0 Å². The van der Waals surface area contributed by atoms with E-state index >= 15 is 0 Å². The van der Waals surface area contributed by atoms with Gasteiger partial charge in [0.2, 0.25) is 5.91 Å². The van der Waals surface area contributed by atoms with E-state index in [1.807, 2.05) is 0 Å². The van der Waals surface area contributed by atoms with Gasteiger partial charge in [-0.2, -0.15) is 0 Å². The predicted molar refractivity (Wildman–Crippen MR) is 50.9 cm³/mol. The Kier molecular flexibility index (Phi) is 4.56. The molecule has 0 fully saturated rings. The summed E-state index contributed by atoms with van der Waals surface area (Å²) in [6.07, 6.45) is -0.315. The van der Waals surface area contributed by atoms with Gasteiger partial charge in [-0.3, -0.25) is 4.79 Å². The van der Waals surface area contributed by atoms with Crippen molar-refractivity contribution in [2.24, 2.45) is 0 Å². The maximum Gasteiger partial charge on any atom is 0.329 e. The van der Waals surface area contributed by atoms with E-state index in [9.17, 15) is 9.59 Å². The van der Waals surface area contributed by atoms with Gasteiger partial charge in [0.25, 0.3) is 0 Å². The lowest BCUT2D eigenvalue weighted by Gasteiger charge is -2.25. The van der Waals surface area contributed by atoms with Gasteiger partial charge in [-0.05, 0) is 20.3 Å². The van der Waals surface area contributed by atoms with E-state index in [0.717, 1.165) is 0 Å². The smallest absolute Gasteiger partial charge is 0.329 e. The Morgan fingerprint density at radius 3 is 2.36 bits per heavy atom. The van der Waals surface area contributed by atoms with Gasteiger partial charge in [0.15, 0.2) is 0 Å².